The van der Waals surface area contributed by atoms with Crippen LogP contribution in [0.2, 0.25) is 0 Å². The van der Waals surface area contributed by atoms with Gasteiger partial charge in [-0.1, -0.05) is 0 Å². The fraction of sp³-hybridized carbons (Fsp3) is 0.533. The molecule has 2 bridgehead atoms. The van der Waals surface area contributed by atoms with Crippen LogP contribution in [0.1, 0.15) is 31.2 Å². The van der Waals surface area contributed by atoms with E-state index in [2.05, 4.69) is 5.32 Å². The number of carbonyl (C=O) groups is 1. The Morgan fingerprint density at radius 2 is 2.21 bits per heavy atom. The quantitative estimate of drug-likeness (QED) is 0.880. The fourth-order valence-electron chi connectivity index (χ4n) is 3.86. The zero-order chi connectivity index (χ0) is 13.6. The molecule has 0 radical (unpaired) electrons. The van der Waals surface area contributed by atoms with E-state index in [-0.39, 0.29) is 11.7 Å². The molecule has 1 aromatic rings. The Labute approximate surface area is 111 Å². The van der Waals surface area contributed by atoms with Gasteiger partial charge in [-0.25, -0.2) is 9.18 Å². The van der Waals surface area contributed by atoms with Gasteiger partial charge in [0.2, 0.25) is 0 Å². The van der Waals surface area contributed by atoms with Crippen molar-refractivity contribution in [2.45, 2.75) is 38.1 Å². The number of hydrogen-bond acceptors (Lipinski definition) is 2. The molecule has 2 aliphatic rings. The number of aryl methyl sites for hydroxylation is 1. The van der Waals surface area contributed by atoms with Gasteiger partial charge in [0.25, 0.3) is 0 Å². The van der Waals surface area contributed by atoms with Gasteiger partial charge in [-0.2, -0.15) is 0 Å². The molecular weight excluding hydrogens is 245 g/mol. The van der Waals surface area contributed by atoms with E-state index in [1.165, 1.54) is 12.1 Å². The highest BCUT2D eigenvalue weighted by Gasteiger charge is 2.56. The lowest BCUT2D eigenvalue weighted by atomic mass is 9.80. The Morgan fingerprint density at radius 3 is 2.74 bits per heavy atom. The zero-order valence-electron chi connectivity index (χ0n) is 10.9. The highest BCUT2D eigenvalue weighted by atomic mass is 19.1. The van der Waals surface area contributed by atoms with E-state index in [1.807, 2.05) is 6.92 Å². The maximum absolute atomic E-state index is 13.4. The van der Waals surface area contributed by atoms with Gasteiger partial charge in [0.15, 0.2) is 0 Å². The number of halogens is 1. The summed E-state index contributed by atoms with van der Waals surface area (Å²) in [5.74, 6) is -0.463. The summed E-state index contributed by atoms with van der Waals surface area (Å²) in [6, 6.07) is 4.63. The van der Waals surface area contributed by atoms with Crippen LogP contribution in [0.4, 0.5) is 10.1 Å². The van der Waals surface area contributed by atoms with Gasteiger partial charge in [0, 0.05) is 5.69 Å². The molecule has 2 aliphatic carbocycles. The predicted molar refractivity (Wildman–Crippen MR) is 70.6 cm³/mol. The molecule has 1 aromatic carbocycles. The van der Waals surface area contributed by atoms with Gasteiger partial charge in [0.1, 0.15) is 11.4 Å². The van der Waals surface area contributed by atoms with Crippen LogP contribution in [0.5, 0.6) is 0 Å². The molecule has 0 saturated heterocycles. The van der Waals surface area contributed by atoms with Crippen LogP contribution in [-0.4, -0.2) is 16.6 Å². The number of aliphatic carboxylic acids is 1. The average Bonchev–Trinajstić information content (AvgIpc) is 2.87. The van der Waals surface area contributed by atoms with Gasteiger partial charge < -0.3 is 10.4 Å². The Balaban J connectivity index is 1.92. The van der Waals surface area contributed by atoms with Crippen molar-refractivity contribution in [3.63, 3.8) is 0 Å². The third kappa shape index (κ3) is 1.99. The van der Waals surface area contributed by atoms with Gasteiger partial charge >= 0.3 is 5.97 Å². The molecule has 102 valence electrons. The fourth-order valence-corrected chi connectivity index (χ4v) is 3.86. The first-order chi connectivity index (χ1) is 8.99. The molecule has 0 aliphatic heterocycles. The summed E-state index contributed by atoms with van der Waals surface area (Å²) < 4.78 is 13.4. The zero-order valence-corrected chi connectivity index (χ0v) is 10.9. The number of nitrogens with one attached hydrogen (secondary N) is 1. The summed E-state index contributed by atoms with van der Waals surface area (Å²) in [6.45, 7) is 1.81. The summed E-state index contributed by atoms with van der Waals surface area (Å²) in [6.07, 6.45) is 3.72. The van der Waals surface area contributed by atoms with Crippen molar-refractivity contribution >= 4 is 11.7 Å². The molecule has 3 rings (SSSR count). The highest BCUT2D eigenvalue weighted by molar-refractivity contribution is 5.84. The summed E-state index contributed by atoms with van der Waals surface area (Å²) in [5, 5.41) is 12.8. The SMILES string of the molecule is Cc1cc(F)cc(NC2(C(=O)O)CC3CCC2C3)c1. The van der Waals surface area contributed by atoms with Crippen LogP contribution < -0.4 is 5.32 Å². The van der Waals surface area contributed by atoms with Crippen molar-refractivity contribution in [1.82, 2.24) is 0 Å². The van der Waals surface area contributed by atoms with E-state index in [0.717, 1.165) is 24.8 Å². The van der Waals surface area contributed by atoms with Gasteiger partial charge in [-0.3, -0.25) is 0 Å². The largest absolute Gasteiger partial charge is 0.479 e. The van der Waals surface area contributed by atoms with E-state index < -0.39 is 11.5 Å². The minimum Gasteiger partial charge on any atom is -0.479 e. The third-order valence-corrected chi connectivity index (χ3v) is 4.64. The van der Waals surface area contributed by atoms with Gasteiger partial charge in [0.05, 0.1) is 0 Å². The maximum Gasteiger partial charge on any atom is 0.329 e. The molecule has 3 nitrogen and oxygen atoms in total. The Bertz CT molecular complexity index is 511. The normalized spacial score (nSPS) is 32.5. The first kappa shape index (κ1) is 12.5. The topological polar surface area (TPSA) is 49.3 Å². The molecule has 2 N–H and O–H groups in total. The first-order valence-corrected chi connectivity index (χ1v) is 6.78. The van der Waals surface area contributed by atoms with E-state index in [0.29, 0.717) is 18.0 Å². The lowest BCUT2D eigenvalue weighted by Crippen LogP contribution is -2.50. The van der Waals surface area contributed by atoms with Crippen molar-refractivity contribution in [1.29, 1.82) is 0 Å². The van der Waals surface area contributed by atoms with Gasteiger partial charge in [-0.15, -0.1) is 0 Å². The summed E-state index contributed by atoms with van der Waals surface area (Å²) >= 11 is 0. The van der Waals surface area contributed by atoms with Crippen LogP contribution in [-0.2, 0) is 4.79 Å². The molecule has 0 spiro atoms. The molecule has 3 unspecified atom stereocenters. The van der Waals surface area contributed by atoms with E-state index in [4.69, 9.17) is 0 Å². The van der Waals surface area contributed by atoms with E-state index in [9.17, 15) is 14.3 Å². The molecule has 2 saturated carbocycles. The lowest BCUT2D eigenvalue weighted by molar-refractivity contribution is -0.144. The smallest absolute Gasteiger partial charge is 0.329 e. The van der Waals surface area contributed by atoms with Crippen molar-refractivity contribution in [2.75, 3.05) is 5.32 Å². The van der Waals surface area contributed by atoms with Crippen molar-refractivity contribution in [3.05, 3.63) is 29.6 Å². The second-order valence-corrected chi connectivity index (χ2v) is 6.00. The van der Waals surface area contributed by atoms with Gasteiger partial charge in [-0.05, 0) is 68.2 Å². The van der Waals surface area contributed by atoms with Crippen molar-refractivity contribution < 1.29 is 14.3 Å². The molecule has 4 heteroatoms. The molecule has 3 atom stereocenters. The minimum atomic E-state index is -0.900. The molecular formula is C15H18FNO2. The Hall–Kier alpha value is -1.58. The van der Waals surface area contributed by atoms with E-state index in [1.54, 1.807) is 6.07 Å². The second-order valence-electron chi connectivity index (χ2n) is 6.00. The number of anilines is 1. The van der Waals surface area contributed by atoms with Crippen molar-refractivity contribution in [3.8, 4) is 0 Å². The number of hydrogen-bond donors (Lipinski definition) is 2. The maximum atomic E-state index is 13.4. The number of benzene rings is 1. The second kappa shape index (κ2) is 4.22. The molecule has 0 aromatic heterocycles. The van der Waals surface area contributed by atoms with Crippen LogP contribution in [0.25, 0.3) is 0 Å². The van der Waals surface area contributed by atoms with E-state index >= 15 is 0 Å². The number of fused-ring (bicyclic) bond motifs is 2. The standard InChI is InChI=1S/C15H18FNO2/c1-9-4-12(16)7-13(5-9)17-15(14(18)19)8-10-2-3-11(15)6-10/h4-5,7,10-11,17H,2-3,6,8H2,1H3,(H,18,19). The van der Waals surface area contributed by atoms with Crippen LogP contribution in [0, 0.1) is 24.6 Å². The molecule has 0 amide bonds. The van der Waals surface area contributed by atoms with Crippen LogP contribution >= 0.6 is 0 Å². The highest BCUT2D eigenvalue weighted by Crippen LogP contribution is 2.52. The molecule has 0 heterocycles. The third-order valence-electron chi connectivity index (χ3n) is 4.64. The predicted octanol–water partition coefficient (Wildman–Crippen LogP) is 3.19. The minimum absolute atomic E-state index is 0.165. The number of rotatable bonds is 3. The summed E-state index contributed by atoms with van der Waals surface area (Å²) in [7, 11) is 0. The summed E-state index contributed by atoms with van der Waals surface area (Å²) in [4.78, 5) is 11.7. The Morgan fingerprint density at radius 1 is 1.42 bits per heavy atom. The van der Waals surface area contributed by atoms with Crippen LogP contribution in [0.3, 0.4) is 0 Å². The lowest BCUT2D eigenvalue weighted by Gasteiger charge is -2.35. The summed E-state index contributed by atoms with van der Waals surface area (Å²) in [5.41, 5.74) is 0.474. The van der Waals surface area contributed by atoms with Crippen LogP contribution in [0.15, 0.2) is 18.2 Å². The molecule has 19 heavy (non-hydrogen) atoms. The first-order valence-electron chi connectivity index (χ1n) is 6.78. The molecule has 2 fully saturated rings. The Kier molecular flexibility index (Phi) is 2.77. The number of carboxylic acid groups (broad SMARTS) is 1. The number of carboxylic acids is 1. The van der Waals surface area contributed by atoms with Crippen molar-refractivity contribution in [2.24, 2.45) is 11.8 Å². The monoisotopic (exact) mass is 263 g/mol. The average molecular weight is 263 g/mol.